The van der Waals surface area contributed by atoms with Crippen molar-refractivity contribution in [3.63, 3.8) is 0 Å². The maximum Gasteiger partial charge on any atom is 0.269 e. The van der Waals surface area contributed by atoms with Crippen LogP contribution in [0.25, 0.3) is 0 Å². The van der Waals surface area contributed by atoms with Gasteiger partial charge in [0.2, 0.25) is 0 Å². The number of primary amides is 1. The number of nitrogens with zero attached hydrogens (tertiary/aromatic N) is 2. The predicted octanol–water partition coefficient (Wildman–Crippen LogP) is 2.59. The average Bonchev–Trinajstić information content (AvgIpc) is 3.05. The number of aromatic nitrogens is 2. The Morgan fingerprint density at radius 1 is 1.43 bits per heavy atom. The minimum absolute atomic E-state index is 0.214. The van der Waals surface area contributed by atoms with Gasteiger partial charge in [-0.05, 0) is 50.1 Å². The van der Waals surface area contributed by atoms with Crippen LogP contribution in [0.3, 0.4) is 0 Å². The van der Waals surface area contributed by atoms with Crippen LogP contribution in [0, 0.1) is 5.82 Å². The van der Waals surface area contributed by atoms with E-state index in [-0.39, 0.29) is 17.6 Å². The molecule has 0 spiro atoms. The molecule has 122 valence electrons. The number of hydrogen-bond acceptors (Lipinski definition) is 3. The Bertz CT molecular complexity index is 682. The highest BCUT2D eigenvalue weighted by atomic mass is 19.1. The third-order valence-corrected chi connectivity index (χ3v) is 4.64. The number of aromatic amines is 1. The number of carbonyl (C=O) groups is 1. The third-order valence-electron chi connectivity index (χ3n) is 4.64. The quantitative estimate of drug-likeness (QED) is 0.910. The Hall–Kier alpha value is -2.21. The Morgan fingerprint density at radius 2 is 2.17 bits per heavy atom. The Balaban J connectivity index is 1.72. The van der Waals surface area contributed by atoms with Gasteiger partial charge in [-0.15, -0.1) is 0 Å². The number of nitrogens with two attached hydrogens (primary N) is 1. The molecule has 3 N–H and O–H groups in total. The SMILES string of the molecule is C[C@@H](c1ccc(F)cc1)N1CCC[C@H](c2cc(C(N)=O)n[nH]2)C1. The molecule has 1 aromatic carbocycles. The van der Waals surface area contributed by atoms with Gasteiger partial charge in [-0.1, -0.05) is 12.1 Å². The normalized spacial score (nSPS) is 20.3. The van der Waals surface area contributed by atoms with Crippen molar-refractivity contribution < 1.29 is 9.18 Å². The first-order chi connectivity index (χ1) is 11.0. The average molecular weight is 316 g/mol. The first-order valence-corrected chi connectivity index (χ1v) is 7.89. The molecule has 0 bridgehead atoms. The second-order valence-electron chi connectivity index (χ2n) is 6.13. The molecule has 1 aromatic heterocycles. The highest BCUT2D eigenvalue weighted by Gasteiger charge is 2.26. The van der Waals surface area contributed by atoms with Gasteiger partial charge < -0.3 is 5.73 Å². The Morgan fingerprint density at radius 3 is 2.83 bits per heavy atom. The monoisotopic (exact) mass is 316 g/mol. The molecule has 1 saturated heterocycles. The van der Waals surface area contributed by atoms with Gasteiger partial charge in [0.05, 0.1) is 0 Å². The largest absolute Gasteiger partial charge is 0.364 e. The first kappa shape index (κ1) is 15.7. The van der Waals surface area contributed by atoms with E-state index in [1.807, 2.05) is 12.1 Å². The number of rotatable bonds is 4. The maximum atomic E-state index is 13.1. The summed E-state index contributed by atoms with van der Waals surface area (Å²) in [5.41, 5.74) is 7.60. The van der Waals surface area contributed by atoms with Crippen LogP contribution in [0.1, 0.15) is 53.5 Å². The molecule has 0 aliphatic carbocycles. The molecule has 2 aromatic rings. The summed E-state index contributed by atoms with van der Waals surface area (Å²) in [7, 11) is 0. The zero-order valence-electron chi connectivity index (χ0n) is 13.1. The molecular weight excluding hydrogens is 295 g/mol. The molecular formula is C17H21FN4O. The van der Waals surface area contributed by atoms with Gasteiger partial charge in [0.25, 0.3) is 5.91 Å². The van der Waals surface area contributed by atoms with E-state index >= 15 is 0 Å². The van der Waals surface area contributed by atoms with Crippen LogP contribution >= 0.6 is 0 Å². The molecule has 3 rings (SSSR count). The minimum atomic E-state index is -0.514. The number of benzene rings is 1. The molecule has 1 aliphatic heterocycles. The van der Waals surface area contributed by atoms with Crippen molar-refractivity contribution in [1.29, 1.82) is 0 Å². The highest BCUT2D eigenvalue weighted by molar-refractivity contribution is 5.90. The summed E-state index contributed by atoms with van der Waals surface area (Å²) in [5, 5.41) is 6.91. The van der Waals surface area contributed by atoms with Gasteiger partial charge in [-0.25, -0.2) is 4.39 Å². The van der Waals surface area contributed by atoms with Crippen LogP contribution < -0.4 is 5.73 Å². The fourth-order valence-electron chi connectivity index (χ4n) is 3.24. The number of carbonyl (C=O) groups excluding carboxylic acids is 1. The van der Waals surface area contributed by atoms with E-state index in [0.717, 1.165) is 37.2 Å². The Kier molecular flexibility index (Phi) is 4.43. The number of likely N-dealkylation sites (tertiary alicyclic amines) is 1. The van der Waals surface area contributed by atoms with Crippen LogP contribution in [0.4, 0.5) is 4.39 Å². The lowest BCUT2D eigenvalue weighted by atomic mass is 9.92. The molecule has 1 aliphatic rings. The summed E-state index contributed by atoms with van der Waals surface area (Å²) in [6, 6.07) is 8.65. The highest BCUT2D eigenvalue weighted by Crippen LogP contribution is 2.31. The summed E-state index contributed by atoms with van der Waals surface area (Å²) >= 11 is 0. The molecule has 0 radical (unpaired) electrons. The molecule has 5 nitrogen and oxygen atoms in total. The van der Waals surface area contributed by atoms with Crippen molar-refractivity contribution in [2.24, 2.45) is 5.73 Å². The summed E-state index contributed by atoms with van der Waals surface area (Å²) in [4.78, 5) is 13.6. The number of piperidine rings is 1. The topological polar surface area (TPSA) is 75.0 Å². The van der Waals surface area contributed by atoms with Crippen molar-refractivity contribution in [3.05, 3.63) is 53.1 Å². The number of amides is 1. The molecule has 23 heavy (non-hydrogen) atoms. The summed E-state index contributed by atoms with van der Waals surface area (Å²) in [6.07, 6.45) is 2.12. The van der Waals surface area contributed by atoms with Gasteiger partial charge >= 0.3 is 0 Å². The van der Waals surface area contributed by atoms with Gasteiger partial charge in [0.15, 0.2) is 0 Å². The maximum absolute atomic E-state index is 13.1. The molecule has 2 atom stereocenters. The van der Waals surface area contributed by atoms with Gasteiger partial charge in [-0.2, -0.15) is 5.10 Å². The van der Waals surface area contributed by atoms with E-state index in [9.17, 15) is 9.18 Å². The number of halogens is 1. The second-order valence-corrected chi connectivity index (χ2v) is 6.13. The molecule has 6 heteroatoms. The lowest BCUT2D eigenvalue weighted by Gasteiger charge is -2.36. The standard InChI is InChI=1S/C17H21FN4O/c1-11(12-4-6-14(18)7-5-12)22-8-2-3-13(10-22)15-9-16(17(19)23)21-20-15/h4-7,9,11,13H,2-3,8,10H2,1H3,(H2,19,23)(H,20,21)/t11-,13-/m0/s1. The van der Waals surface area contributed by atoms with E-state index in [1.165, 1.54) is 12.1 Å². The molecule has 0 saturated carbocycles. The van der Waals surface area contributed by atoms with Gasteiger partial charge in [0, 0.05) is 24.2 Å². The lowest BCUT2D eigenvalue weighted by molar-refractivity contribution is 0.0995. The van der Waals surface area contributed by atoms with Crippen LogP contribution in [-0.2, 0) is 0 Å². The van der Waals surface area contributed by atoms with Gasteiger partial charge in [0.1, 0.15) is 11.5 Å². The third kappa shape index (κ3) is 3.42. The molecule has 0 unspecified atom stereocenters. The van der Waals surface area contributed by atoms with E-state index in [1.54, 1.807) is 6.07 Å². The fourth-order valence-corrected chi connectivity index (χ4v) is 3.24. The fraction of sp³-hybridized carbons (Fsp3) is 0.412. The summed E-state index contributed by atoms with van der Waals surface area (Å²) < 4.78 is 13.1. The molecule has 1 amide bonds. The van der Waals surface area contributed by atoms with Crippen molar-refractivity contribution in [2.45, 2.75) is 31.7 Å². The van der Waals surface area contributed by atoms with E-state index < -0.39 is 5.91 Å². The first-order valence-electron chi connectivity index (χ1n) is 7.89. The molecule has 1 fully saturated rings. The lowest BCUT2D eigenvalue weighted by Crippen LogP contribution is -2.36. The van der Waals surface area contributed by atoms with Crippen LogP contribution in [0.15, 0.2) is 30.3 Å². The zero-order valence-corrected chi connectivity index (χ0v) is 13.1. The van der Waals surface area contributed by atoms with Crippen LogP contribution in [-0.4, -0.2) is 34.1 Å². The van der Waals surface area contributed by atoms with Crippen molar-refractivity contribution >= 4 is 5.91 Å². The number of hydrogen-bond donors (Lipinski definition) is 2. The Labute approximate surface area is 134 Å². The summed E-state index contributed by atoms with van der Waals surface area (Å²) in [5.74, 6) is -0.430. The zero-order chi connectivity index (χ0) is 16.4. The molecule has 2 heterocycles. The van der Waals surface area contributed by atoms with E-state index in [0.29, 0.717) is 5.92 Å². The van der Waals surface area contributed by atoms with Crippen molar-refractivity contribution in [2.75, 3.05) is 13.1 Å². The van der Waals surface area contributed by atoms with Gasteiger partial charge in [-0.3, -0.25) is 14.8 Å². The predicted molar refractivity (Wildman–Crippen MR) is 85.5 cm³/mol. The smallest absolute Gasteiger partial charge is 0.269 e. The number of nitrogens with one attached hydrogen (secondary N) is 1. The van der Waals surface area contributed by atoms with Crippen molar-refractivity contribution in [3.8, 4) is 0 Å². The second kappa shape index (κ2) is 6.50. The minimum Gasteiger partial charge on any atom is -0.364 e. The number of H-pyrrole nitrogens is 1. The van der Waals surface area contributed by atoms with Crippen LogP contribution in [0.5, 0.6) is 0 Å². The van der Waals surface area contributed by atoms with E-state index in [2.05, 4.69) is 22.0 Å². The van der Waals surface area contributed by atoms with Crippen LogP contribution in [0.2, 0.25) is 0 Å². The van der Waals surface area contributed by atoms with Crippen molar-refractivity contribution in [1.82, 2.24) is 15.1 Å². The summed E-state index contributed by atoms with van der Waals surface area (Å²) in [6.45, 7) is 4.02. The van der Waals surface area contributed by atoms with E-state index in [4.69, 9.17) is 5.73 Å².